The van der Waals surface area contributed by atoms with Gasteiger partial charge in [-0.1, -0.05) is 30.3 Å². The molecule has 1 N–H and O–H groups in total. The highest BCUT2D eigenvalue weighted by molar-refractivity contribution is 5.95. The molecule has 0 bridgehead atoms. The van der Waals surface area contributed by atoms with Gasteiger partial charge in [0.1, 0.15) is 5.75 Å². The first-order valence-corrected chi connectivity index (χ1v) is 8.68. The molecule has 1 heterocycles. The van der Waals surface area contributed by atoms with Gasteiger partial charge >= 0.3 is 0 Å². The zero-order valence-corrected chi connectivity index (χ0v) is 14.8. The standard InChI is InChI=1S/C22H22N2O2/c1-26-21-11-3-9-19(15-21)18-8-2-10-20(14-18)22(25)24-13-5-7-17-6-4-12-23-16-17/h2-4,6,8-12,14-16H,5,7,13H2,1H3,(H,24,25). The molecule has 26 heavy (non-hydrogen) atoms. The summed E-state index contributed by atoms with van der Waals surface area (Å²) in [5, 5.41) is 2.99. The molecule has 4 heteroatoms. The van der Waals surface area contributed by atoms with E-state index in [-0.39, 0.29) is 5.91 Å². The lowest BCUT2D eigenvalue weighted by Gasteiger charge is -2.08. The Morgan fingerprint density at radius 2 is 1.85 bits per heavy atom. The van der Waals surface area contributed by atoms with Crippen LogP contribution in [0.5, 0.6) is 5.75 Å². The Hall–Kier alpha value is -3.14. The van der Waals surface area contributed by atoms with E-state index in [0.29, 0.717) is 12.1 Å². The quantitative estimate of drug-likeness (QED) is 0.655. The second kappa shape index (κ2) is 8.81. The Balaban J connectivity index is 1.59. The molecule has 3 aromatic rings. The lowest BCUT2D eigenvalue weighted by molar-refractivity contribution is 0.0953. The van der Waals surface area contributed by atoms with Crippen molar-refractivity contribution >= 4 is 5.91 Å². The van der Waals surface area contributed by atoms with E-state index < -0.39 is 0 Å². The van der Waals surface area contributed by atoms with E-state index in [2.05, 4.69) is 10.3 Å². The van der Waals surface area contributed by atoms with Crippen molar-refractivity contribution in [2.75, 3.05) is 13.7 Å². The largest absolute Gasteiger partial charge is 0.497 e. The summed E-state index contributed by atoms with van der Waals surface area (Å²) < 4.78 is 5.27. The van der Waals surface area contributed by atoms with E-state index in [1.165, 1.54) is 5.56 Å². The van der Waals surface area contributed by atoms with E-state index >= 15 is 0 Å². The van der Waals surface area contributed by atoms with Crippen LogP contribution in [0.4, 0.5) is 0 Å². The first-order chi connectivity index (χ1) is 12.8. The molecule has 0 atom stereocenters. The predicted octanol–water partition coefficient (Wildman–Crippen LogP) is 4.12. The molecule has 0 saturated heterocycles. The Labute approximate surface area is 153 Å². The molecule has 0 fully saturated rings. The highest BCUT2D eigenvalue weighted by Crippen LogP contribution is 2.24. The van der Waals surface area contributed by atoms with Crippen LogP contribution >= 0.6 is 0 Å². The summed E-state index contributed by atoms with van der Waals surface area (Å²) in [6, 6.07) is 19.4. The number of hydrogen-bond acceptors (Lipinski definition) is 3. The number of aromatic nitrogens is 1. The number of carbonyl (C=O) groups excluding carboxylic acids is 1. The first kappa shape index (κ1) is 17.7. The predicted molar refractivity (Wildman–Crippen MR) is 103 cm³/mol. The van der Waals surface area contributed by atoms with E-state index in [9.17, 15) is 4.79 Å². The van der Waals surface area contributed by atoms with Gasteiger partial charge in [0.15, 0.2) is 0 Å². The van der Waals surface area contributed by atoms with Crippen LogP contribution in [-0.2, 0) is 6.42 Å². The molecule has 132 valence electrons. The van der Waals surface area contributed by atoms with Crippen molar-refractivity contribution in [2.24, 2.45) is 0 Å². The number of amides is 1. The van der Waals surface area contributed by atoms with Crippen molar-refractivity contribution in [2.45, 2.75) is 12.8 Å². The molecule has 0 saturated carbocycles. The average Bonchev–Trinajstić information content (AvgIpc) is 2.72. The van der Waals surface area contributed by atoms with E-state index in [1.807, 2.05) is 66.9 Å². The topological polar surface area (TPSA) is 51.2 Å². The van der Waals surface area contributed by atoms with Gasteiger partial charge in [-0.15, -0.1) is 0 Å². The molecule has 0 unspecified atom stereocenters. The van der Waals surface area contributed by atoms with Crippen LogP contribution in [0.15, 0.2) is 73.1 Å². The van der Waals surface area contributed by atoms with Crippen LogP contribution in [0.25, 0.3) is 11.1 Å². The number of nitrogens with one attached hydrogen (secondary N) is 1. The highest BCUT2D eigenvalue weighted by atomic mass is 16.5. The second-order valence-electron chi connectivity index (χ2n) is 6.03. The summed E-state index contributed by atoms with van der Waals surface area (Å²) in [7, 11) is 1.65. The molecule has 1 aromatic heterocycles. The fraction of sp³-hybridized carbons (Fsp3) is 0.182. The summed E-state index contributed by atoms with van der Waals surface area (Å²) >= 11 is 0. The van der Waals surface area contributed by atoms with Crippen LogP contribution in [0.2, 0.25) is 0 Å². The van der Waals surface area contributed by atoms with Crippen LogP contribution in [-0.4, -0.2) is 24.5 Å². The minimum Gasteiger partial charge on any atom is -0.497 e. The van der Waals surface area contributed by atoms with Gasteiger partial charge in [0.05, 0.1) is 7.11 Å². The molecule has 0 aliphatic heterocycles. The van der Waals surface area contributed by atoms with Crippen LogP contribution in [0, 0.1) is 0 Å². The second-order valence-corrected chi connectivity index (χ2v) is 6.03. The third kappa shape index (κ3) is 4.70. The van der Waals surface area contributed by atoms with E-state index in [0.717, 1.165) is 29.7 Å². The number of aryl methyl sites for hydroxylation is 1. The Morgan fingerprint density at radius 1 is 1.04 bits per heavy atom. The van der Waals surface area contributed by atoms with Crippen LogP contribution in [0.1, 0.15) is 22.3 Å². The maximum absolute atomic E-state index is 12.4. The molecule has 3 rings (SSSR count). The van der Waals surface area contributed by atoms with Crippen LogP contribution in [0.3, 0.4) is 0 Å². The molecule has 2 aromatic carbocycles. The smallest absolute Gasteiger partial charge is 0.251 e. The summed E-state index contributed by atoms with van der Waals surface area (Å²) in [5.41, 5.74) is 3.86. The summed E-state index contributed by atoms with van der Waals surface area (Å²) in [6.07, 6.45) is 5.41. The highest BCUT2D eigenvalue weighted by Gasteiger charge is 2.07. The molecular weight excluding hydrogens is 324 g/mol. The normalized spacial score (nSPS) is 10.3. The van der Waals surface area contributed by atoms with Gasteiger partial charge < -0.3 is 10.1 Å². The number of nitrogens with zero attached hydrogens (tertiary/aromatic N) is 1. The third-order valence-corrected chi connectivity index (χ3v) is 4.18. The molecule has 0 radical (unpaired) electrons. The SMILES string of the molecule is COc1cccc(-c2cccc(C(=O)NCCCc3cccnc3)c2)c1. The average molecular weight is 346 g/mol. The lowest BCUT2D eigenvalue weighted by Crippen LogP contribution is -2.24. The van der Waals surface area contributed by atoms with Gasteiger partial charge in [-0.05, 0) is 59.9 Å². The van der Waals surface area contributed by atoms with Gasteiger partial charge in [-0.2, -0.15) is 0 Å². The number of hydrogen-bond donors (Lipinski definition) is 1. The van der Waals surface area contributed by atoms with Crippen molar-refractivity contribution in [3.05, 3.63) is 84.2 Å². The number of ether oxygens (including phenoxy) is 1. The summed E-state index contributed by atoms with van der Waals surface area (Å²) in [4.78, 5) is 16.5. The first-order valence-electron chi connectivity index (χ1n) is 8.68. The summed E-state index contributed by atoms with van der Waals surface area (Å²) in [6.45, 7) is 0.636. The number of rotatable bonds is 7. The minimum absolute atomic E-state index is 0.0547. The fourth-order valence-corrected chi connectivity index (χ4v) is 2.79. The fourth-order valence-electron chi connectivity index (χ4n) is 2.79. The zero-order chi connectivity index (χ0) is 18.2. The van der Waals surface area contributed by atoms with Crippen molar-refractivity contribution < 1.29 is 9.53 Å². The zero-order valence-electron chi connectivity index (χ0n) is 14.8. The Morgan fingerprint density at radius 3 is 2.62 bits per heavy atom. The van der Waals surface area contributed by atoms with Crippen LogP contribution < -0.4 is 10.1 Å². The summed E-state index contributed by atoms with van der Waals surface area (Å²) in [5.74, 6) is 0.744. The molecular formula is C22H22N2O2. The molecule has 4 nitrogen and oxygen atoms in total. The number of methoxy groups -OCH3 is 1. The minimum atomic E-state index is -0.0547. The van der Waals surface area contributed by atoms with Gasteiger partial charge in [-0.3, -0.25) is 9.78 Å². The van der Waals surface area contributed by atoms with Crippen molar-refractivity contribution in [3.63, 3.8) is 0 Å². The van der Waals surface area contributed by atoms with Gasteiger partial charge in [0, 0.05) is 24.5 Å². The number of carbonyl (C=O) groups is 1. The molecule has 0 aliphatic carbocycles. The molecule has 0 aliphatic rings. The maximum atomic E-state index is 12.4. The van der Waals surface area contributed by atoms with Crippen molar-refractivity contribution in [3.8, 4) is 16.9 Å². The maximum Gasteiger partial charge on any atom is 0.251 e. The van der Waals surface area contributed by atoms with E-state index in [4.69, 9.17) is 4.74 Å². The van der Waals surface area contributed by atoms with Gasteiger partial charge in [0.25, 0.3) is 5.91 Å². The molecule has 1 amide bonds. The van der Waals surface area contributed by atoms with Crippen molar-refractivity contribution in [1.82, 2.24) is 10.3 Å². The van der Waals surface area contributed by atoms with Crippen molar-refractivity contribution in [1.29, 1.82) is 0 Å². The monoisotopic (exact) mass is 346 g/mol. The third-order valence-electron chi connectivity index (χ3n) is 4.18. The Bertz CT molecular complexity index is 863. The lowest BCUT2D eigenvalue weighted by atomic mass is 10.0. The van der Waals surface area contributed by atoms with E-state index in [1.54, 1.807) is 13.3 Å². The van der Waals surface area contributed by atoms with Gasteiger partial charge in [-0.25, -0.2) is 0 Å². The Kier molecular flexibility index (Phi) is 5.99. The number of benzene rings is 2. The molecule has 0 spiro atoms. The van der Waals surface area contributed by atoms with Gasteiger partial charge in [0.2, 0.25) is 0 Å². The number of pyridine rings is 1.